The molecule has 0 aromatic carbocycles. The molecule has 0 radical (unpaired) electrons. The number of halogens is 5. The van der Waals surface area contributed by atoms with Crippen molar-refractivity contribution in [3.05, 3.63) is 24.6 Å². The van der Waals surface area contributed by atoms with Crippen LogP contribution in [0, 0.1) is 7.27 Å². The maximum Gasteiger partial charge on any atom is 0.265 e. The minimum Gasteiger partial charge on any atom is -0.245 e. The minimum absolute atomic E-state index is 0.0643. The predicted molar refractivity (Wildman–Crippen MR) is 67.3 cm³/mol. The standard InChI is InChI=1S/C7H4BrF2I2N/c8-2-4-6(12)3(7(9)10)1-5(11)13-4/h1,7H,2H2. The summed E-state index contributed by atoms with van der Waals surface area (Å²) in [5.74, 6) is 0. The first-order valence-corrected chi connectivity index (χ1v) is 6.53. The van der Waals surface area contributed by atoms with E-state index in [1.165, 1.54) is 6.07 Å². The number of alkyl halides is 3. The lowest BCUT2D eigenvalue weighted by molar-refractivity contribution is 0.150. The predicted octanol–water partition coefficient (Wildman–Crippen LogP) is 4.12. The molecule has 0 bridgehead atoms. The molecule has 0 saturated carbocycles. The Labute approximate surface area is 110 Å². The van der Waals surface area contributed by atoms with Gasteiger partial charge in [-0.1, -0.05) is 15.9 Å². The number of rotatable bonds is 2. The van der Waals surface area contributed by atoms with Gasteiger partial charge in [-0.25, -0.2) is 13.8 Å². The topological polar surface area (TPSA) is 12.9 Å². The van der Waals surface area contributed by atoms with Crippen LogP contribution >= 0.6 is 61.1 Å². The van der Waals surface area contributed by atoms with Gasteiger partial charge in [0, 0.05) is 14.5 Å². The zero-order chi connectivity index (χ0) is 10.0. The van der Waals surface area contributed by atoms with Crippen molar-refractivity contribution in [2.24, 2.45) is 0 Å². The van der Waals surface area contributed by atoms with E-state index in [9.17, 15) is 8.78 Å². The lowest BCUT2D eigenvalue weighted by Crippen LogP contribution is -1.99. The molecule has 0 spiro atoms. The van der Waals surface area contributed by atoms with Crippen molar-refractivity contribution in [2.45, 2.75) is 11.8 Å². The molecule has 1 aromatic heterocycles. The molecule has 0 unspecified atom stereocenters. The monoisotopic (exact) mass is 473 g/mol. The SMILES string of the molecule is FC(F)c1cc(I)nc(CBr)c1I. The molecule has 0 amide bonds. The second-order valence-electron chi connectivity index (χ2n) is 2.23. The first kappa shape index (κ1) is 12.0. The number of hydrogen-bond donors (Lipinski definition) is 0. The highest BCUT2D eigenvalue weighted by Crippen LogP contribution is 2.28. The number of nitrogens with zero attached hydrogens (tertiary/aromatic N) is 1. The van der Waals surface area contributed by atoms with Crippen LogP contribution in [0.3, 0.4) is 0 Å². The molecule has 1 aromatic rings. The van der Waals surface area contributed by atoms with Crippen LogP contribution in [0.15, 0.2) is 6.07 Å². The van der Waals surface area contributed by atoms with Crippen LogP contribution in [-0.2, 0) is 5.33 Å². The first-order chi connectivity index (χ1) is 6.06. The van der Waals surface area contributed by atoms with E-state index >= 15 is 0 Å². The molecule has 0 saturated heterocycles. The minimum atomic E-state index is -2.43. The fraction of sp³-hybridized carbons (Fsp3) is 0.286. The Bertz CT molecular complexity index is 320. The van der Waals surface area contributed by atoms with Crippen LogP contribution in [0.1, 0.15) is 17.7 Å². The summed E-state index contributed by atoms with van der Waals surface area (Å²) < 4.78 is 26.1. The maximum absolute atomic E-state index is 12.5. The second kappa shape index (κ2) is 5.15. The quantitative estimate of drug-likeness (QED) is 0.358. The molecule has 0 aliphatic rings. The Kier molecular flexibility index (Phi) is 4.76. The summed E-state index contributed by atoms with van der Waals surface area (Å²) in [6.07, 6.45) is -2.43. The summed E-state index contributed by atoms with van der Waals surface area (Å²) in [4.78, 5) is 4.13. The molecular formula is C7H4BrF2I2N. The summed E-state index contributed by atoms with van der Waals surface area (Å²) in [6, 6.07) is 1.42. The van der Waals surface area contributed by atoms with E-state index in [2.05, 4.69) is 20.9 Å². The van der Waals surface area contributed by atoms with E-state index in [0.29, 0.717) is 18.3 Å². The lowest BCUT2D eigenvalue weighted by Gasteiger charge is -2.07. The fourth-order valence-electron chi connectivity index (χ4n) is 0.816. The van der Waals surface area contributed by atoms with Gasteiger partial charge in [-0.2, -0.15) is 0 Å². The van der Waals surface area contributed by atoms with E-state index in [-0.39, 0.29) is 5.56 Å². The van der Waals surface area contributed by atoms with Gasteiger partial charge in [0.05, 0.1) is 5.69 Å². The largest absolute Gasteiger partial charge is 0.265 e. The van der Waals surface area contributed by atoms with Gasteiger partial charge in [-0.3, -0.25) is 0 Å². The molecule has 0 aliphatic carbocycles. The van der Waals surface area contributed by atoms with Gasteiger partial charge in [0.1, 0.15) is 3.70 Å². The van der Waals surface area contributed by atoms with Gasteiger partial charge >= 0.3 is 0 Å². The lowest BCUT2D eigenvalue weighted by atomic mass is 10.2. The molecule has 0 atom stereocenters. The highest BCUT2D eigenvalue weighted by atomic mass is 127. The highest BCUT2D eigenvalue weighted by molar-refractivity contribution is 14.1. The van der Waals surface area contributed by atoms with Crippen LogP contribution in [0.4, 0.5) is 8.78 Å². The second-order valence-corrected chi connectivity index (χ2v) is 4.97. The van der Waals surface area contributed by atoms with Crippen LogP contribution in [0.2, 0.25) is 0 Å². The normalized spacial score (nSPS) is 10.9. The number of hydrogen-bond acceptors (Lipinski definition) is 1. The molecule has 0 N–H and O–H groups in total. The van der Waals surface area contributed by atoms with Crippen molar-refractivity contribution in [3.63, 3.8) is 0 Å². The van der Waals surface area contributed by atoms with Gasteiger partial charge in [-0.05, 0) is 51.2 Å². The Morgan fingerprint density at radius 1 is 1.46 bits per heavy atom. The zero-order valence-electron chi connectivity index (χ0n) is 6.20. The van der Waals surface area contributed by atoms with Crippen LogP contribution in [0.5, 0.6) is 0 Å². The molecule has 0 aliphatic heterocycles. The van der Waals surface area contributed by atoms with E-state index < -0.39 is 6.43 Å². The third-order valence-electron chi connectivity index (χ3n) is 1.38. The molecular weight excluding hydrogens is 470 g/mol. The van der Waals surface area contributed by atoms with Gasteiger partial charge in [0.2, 0.25) is 0 Å². The van der Waals surface area contributed by atoms with E-state index in [4.69, 9.17) is 0 Å². The fourth-order valence-corrected chi connectivity index (χ4v) is 3.07. The molecule has 0 fully saturated rings. The third kappa shape index (κ3) is 2.95. The first-order valence-electron chi connectivity index (χ1n) is 3.25. The Balaban J connectivity index is 3.27. The summed E-state index contributed by atoms with van der Waals surface area (Å²) in [5.41, 5.74) is 0.734. The van der Waals surface area contributed by atoms with Crippen molar-refractivity contribution < 1.29 is 8.78 Å². The summed E-state index contributed by atoms with van der Waals surface area (Å²) >= 11 is 7.04. The van der Waals surface area contributed by atoms with E-state index in [1.54, 1.807) is 0 Å². The van der Waals surface area contributed by atoms with Crippen molar-refractivity contribution in [3.8, 4) is 0 Å². The maximum atomic E-state index is 12.5. The van der Waals surface area contributed by atoms with Crippen molar-refractivity contribution >= 4 is 61.1 Å². The molecule has 13 heavy (non-hydrogen) atoms. The van der Waals surface area contributed by atoms with E-state index in [1.807, 2.05) is 45.2 Å². The van der Waals surface area contributed by atoms with E-state index in [0.717, 1.165) is 0 Å². The van der Waals surface area contributed by atoms with Gasteiger partial charge in [-0.15, -0.1) is 0 Å². The van der Waals surface area contributed by atoms with Crippen LogP contribution < -0.4 is 0 Å². The molecule has 1 heterocycles. The van der Waals surface area contributed by atoms with Crippen LogP contribution in [0.25, 0.3) is 0 Å². The van der Waals surface area contributed by atoms with Gasteiger partial charge in [0.25, 0.3) is 6.43 Å². The third-order valence-corrected chi connectivity index (χ3v) is 3.71. The molecule has 72 valence electrons. The molecule has 1 nitrogen and oxygen atoms in total. The molecule has 6 heteroatoms. The number of aromatic nitrogens is 1. The summed E-state index contributed by atoms with van der Waals surface area (Å²) in [7, 11) is 0. The molecule has 1 rings (SSSR count). The van der Waals surface area contributed by atoms with Gasteiger partial charge in [0.15, 0.2) is 0 Å². The summed E-state index contributed by atoms with van der Waals surface area (Å²) in [5, 5.41) is 0.502. The summed E-state index contributed by atoms with van der Waals surface area (Å²) in [6.45, 7) is 0. The zero-order valence-corrected chi connectivity index (χ0v) is 12.1. The number of pyridine rings is 1. The smallest absolute Gasteiger partial charge is 0.245 e. The average Bonchev–Trinajstić information content (AvgIpc) is 2.08. The van der Waals surface area contributed by atoms with Crippen molar-refractivity contribution in [1.29, 1.82) is 0 Å². The van der Waals surface area contributed by atoms with Gasteiger partial charge < -0.3 is 0 Å². The Morgan fingerprint density at radius 3 is 2.54 bits per heavy atom. The van der Waals surface area contributed by atoms with Crippen molar-refractivity contribution in [1.82, 2.24) is 4.98 Å². The van der Waals surface area contributed by atoms with Crippen LogP contribution in [-0.4, -0.2) is 4.98 Å². The average molecular weight is 474 g/mol. The van der Waals surface area contributed by atoms with Crippen molar-refractivity contribution in [2.75, 3.05) is 0 Å². The highest BCUT2D eigenvalue weighted by Gasteiger charge is 2.15. The Hall–Kier alpha value is 0.950. The Morgan fingerprint density at radius 2 is 2.08 bits per heavy atom.